The van der Waals surface area contributed by atoms with Crippen molar-refractivity contribution in [2.75, 3.05) is 0 Å². The van der Waals surface area contributed by atoms with Gasteiger partial charge in [0, 0.05) is 4.88 Å². The Morgan fingerprint density at radius 3 is 2.33 bits per heavy atom. The van der Waals surface area contributed by atoms with E-state index in [-0.39, 0.29) is 0 Å². The monoisotopic (exact) mass is 228 g/mol. The van der Waals surface area contributed by atoms with Gasteiger partial charge in [-0.05, 0) is 17.4 Å². The molecule has 0 fully saturated rings. The third-order valence-corrected chi connectivity index (χ3v) is 3.30. The van der Waals surface area contributed by atoms with Gasteiger partial charge in [-0.2, -0.15) is 0 Å². The third kappa shape index (κ3) is 6.42. The fourth-order valence-corrected chi connectivity index (χ4v) is 1.48. The van der Waals surface area contributed by atoms with Gasteiger partial charge in [-0.15, -0.1) is 11.3 Å². The zero-order chi connectivity index (χ0) is 11.7. The number of carbonyl (C=O) groups is 1. The first kappa shape index (κ1) is 14.3. The predicted molar refractivity (Wildman–Crippen MR) is 65.1 cm³/mol. The van der Waals surface area contributed by atoms with E-state index in [1.807, 2.05) is 5.38 Å². The number of rotatable bonds is 4. The van der Waals surface area contributed by atoms with Crippen molar-refractivity contribution in [2.45, 2.75) is 39.7 Å². The number of aliphatic hydroxyl groups is 1. The molecular formula is C12H20O2S. The van der Waals surface area contributed by atoms with E-state index in [9.17, 15) is 4.79 Å². The van der Waals surface area contributed by atoms with E-state index < -0.39 is 6.10 Å². The molecule has 2 nitrogen and oxygen atoms in total. The minimum Gasteiger partial charge on any atom is -0.380 e. The summed E-state index contributed by atoms with van der Waals surface area (Å²) in [5.41, 5.74) is 0. The molecule has 1 heterocycles. The summed E-state index contributed by atoms with van der Waals surface area (Å²) in [5.74, 6) is 0.935. The standard InChI is InChI=1S/C6H6O2S.C6H14/c7-4-5(8)6-2-1-3-9-6;1-4-6(3)5-2/h1-5,8H;6H,4-5H2,1-3H3. The Morgan fingerprint density at radius 1 is 1.47 bits per heavy atom. The van der Waals surface area contributed by atoms with Gasteiger partial charge in [0.2, 0.25) is 0 Å². The molecule has 15 heavy (non-hydrogen) atoms. The second-order valence-electron chi connectivity index (χ2n) is 3.52. The molecule has 0 saturated carbocycles. The molecule has 0 aromatic carbocycles. The highest BCUT2D eigenvalue weighted by molar-refractivity contribution is 7.10. The van der Waals surface area contributed by atoms with E-state index in [1.54, 1.807) is 12.1 Å². The molecule has 0 saturated heterocycles. The van der Waals surface area contributed by atoms with E-state index in [4.69, 9.17) is 5.11 Å². The summed E-state index contributed by atoms with van der Waals surface area (Å²) >= 11 is 1.37. The smallest absolute Gasteiger partial charge is 0.153 e. The average Bonchev–Trinajstić information content (AvgIpc) is 2.81. The molecule has 86 valence electrons. The average molecular weight is 228 g/mol. The Kier molecular flexibility index (Phi) is 8.24. The minimum absolute atomic E-state index is 0.520. The maximum absolute atomic E-state index is 9.96. The van der Waals surface area contributed by atoms with Crippen LogP contribution in [0.2, 0.25) is 0 Å². The lowest BCUT2D eigenvalue weighted by molar-refractivity contribution is -0.114. The highest BCUT2D eigenvalue weighted by atomic mass is 32.1. The summed E-state index contributed by atoms with van der Waals surface area (Å²) in [6.07, 6.45) is 2.25. The van der Waals surface area contributed by atoms with Crippen LogP contribution in [0.25, 0.3) is 0 Å². The molecule has 0 spiro atoms. The summed E-state index contributed by atoms with van der Waals surface area (Å²) < 4.78 is 0. The highest BCUT2D eigenvalue weighted by Crippen LogP contribution is 2.15. The maximum atomic E-state index is 9.96. The van der Waals surface area contributed by atoms with Crippen LogP contribution in [0, 0.1) is 5.92 Å². The normalized spacial score (nSPS) is 11.8. The van der Waals surface area contributed by atoms with Gasteiger partial charge in [0.15, 0.2) is 6.29 Å². The largest absolute Gasteiger partial charge is 0.380 e. The van der Waals surface area contributed by atoms with Crippen molar-refractivity contribution >= 4 is 17.6 Å². The summed E-state index contributed by atoms with van der Waals surface area (Å²) in [7, 11) is 0. The Hall–Kier alpha value is -0.670. The zero-order valence-electron chi connectivity index (χ0n) is 9.64. The van der Waals surface area contributed by atoms with Crippen molar-refractivity contribution in [3.05, 3.63) is 22.4 Å². The van der Waals surface area contributed by atoms with Gasteiger partial charge in [0.25, 0.3) is 0 Å². The molecule has 0 bridgehead atoms. The fraction of sp³-hybridized carbons (Fsp3) is 0.583. The first-order valence-electron chi connectivity index (χ1n) is 5.32. The Labute approximate surface area is 96.0 Å². The number of thiophene rings is 1. The Balaban J connectivity index is 0.000000288. The molecule has 1 aromatic heterocycles. The van der Waals surface area contributed by atoms with Crippen molar-refractivity contribution in [3.63, 3.8) is 0 Å². The van der Waals surface area contributed by atoms with Crippen LogP contribution in [-0.4, -0.2) is 11.4 Å². The van der Waals surface area contributed by atoms with Crippen LogP contribution in [-0.2, 0) is 4.79 Å². The Bertz CT molecular complexity index is 240. The lowest BCUT2D eigenvalue weighted by atomic mass is 10.1. The number of hydrogen-bond acceptors (Lipinski definition) is 3. The van der Waals surface area contributed by atoms with Crippen molar-refractivity contribution < 1.29 is 9.90 Å². The molecule has 0 aliphatic heterocycles. The number of hydrogen-bond donors (Lipinski definition) is 1. The predicted octanol–water partition coefficient (Wildman–Crippen LogP) is 3.42. The van der Waals surface area contributed by atoms with Crippen LogP contribution in [0.1, 0.15) is 44.6 Å². The molecule has 3 heteroatoms. The van der Waals surface area contributed by atoms with Gasteiger partial charge < -0.3 is 9.90 Å². The molecule has 1 N–H and O–H groups in total. The second kappa shape index (κ2) is 8.62. The lowest BCUT2D eigenvalue weighted by Gasteiger charge is -1.98. The van der Waals surface area contributed by atoms with Crippen LogP contribution >= 0.6 is 11.3 Å². The molecule has 1 atom stereocenters. The van der Waals surface area contributed by atoms with Gasteiger partial charge in [-0.25, -0.2) is 0 Å². The van der Waals surface area contributed by atoms with Crippen LogP contribution in [0.3, 0.4) is 0 Å². The Morgan fingerprint density at radius 2 is 2.07 bits per heavy atom. The molecule has 0 aliphatic rings. The zero-order valence-corrected chi connectivity index (χ0v) is 10.5. The van der Waals surface area contributed by atoms with Gasteiger partial charge in [0.1, 0.15) is 6.10 Å². The summed E-state index contributed by atoms with van der Waals surface area (Å²) in [6, 6.07) is 3.52. The second-order valence-corrected chi connectivity index (χ2v) is 4.50. The fourth-order valence-electron chi connectivity index (χ4n) is 0.815. The van der Waals surface area contributed by atoms with Crippen LogP contribution in [0.5, 0.6) is 0 Å². The van der Waals surface area contributed by atoms with Gasteiger partial charge in [-0.1, -0.05) is 39.7 Å². The number of aliphatic hydroxyl groups excluding tert-OH is 1. The summed E-state index contributed by atoms with van der Waals surface area (Å²) in [5, 5.41) is 10.7. The third-order valence-electron chi connectivity index (χ3n) is 2.36. The van der Waals surface area contributed by atoms with E-state index >= 15 is 0 Å². The van der Waals surface area contributed by atoms with Crippen molar-refractivity contribution in [3.8, 4) is 0 Å². The van der Waals surface area contributed by atoms with Crippen molar-refractivity contribution in [1.29, 1.82) is 0 Å². The topological polar surface area (TPSA) is 37.3 Å². The minimum atomic E-state index is -0.926. The number of aldehydes is 1. The molecule has 0 radical (unpaired) electrons. The molecule has 0 amide bonds. The number of carbonyl (C=O) groups excluding carboxylic acids is 1. The first-order valence-corrected chi connectivity index (χ1v) is 6.20. The van der Waals surface area contributed by atoms with Crippen LogP contribution in [0.4, 0.5) is 0 Å². The van der Waals surface area contributed by atoms with Crippen molar-refractivity contribution in [2.24, 2.45) is 5.92 Å². The van der Waals surface area contributed by atoms with E-state index in [0.717, 1.165) is 5.92 Å². The maximum Gasteiger partial charge on any atom is 0.153 e. The molecule has 1 aromatic rings. The molecule has 1 unspecified atom stereocenters. The summed E-state index contributed by atoms with van der Waals surface area (Å²) in [6.45, 7) is 6.74. The van der Waals surface area contributed by atoms with Gasteiger partial charge in [-0.3, -0.25) is 0 Å². The van der Waals surface area contributed by atoms with Crippen molar-refractivity contribution in [1.82, 2.24) is 0 Å². The van der Waals surface area contributed by atoms with Crippen LogP contribution in [0.15, 0.2) is 17.5 Å². The van der Waals surface area contributed by atoms with Gasteiger partial charge in [0.05, 0.1) is 0 Å². The highest BCUT2D eigenvalue weighted by Gasteiger charge is 2.03. The molecule has 0 aliphatic carbocycles. The molecular weight excluding hydrogens is 208 g/mol. The van der Waals surface area contributed by atoms with Crippen LogP contribution < -0.4 is 0 Å². The first-order chi connectivity index (χ1) is 7.15. The van der Waals surface area contributed by atoms with E-state index in [2.05, 4.69) is 20.8 Å². The summed E-state index contributed by atoms with van der Waals surface area (Å²) in [4.78, 5) is 10.7. The van der Waals surface area contributed by atoms with E-state index in [0.29, 0.717) is 11.2 Å². The quantitative estimate of drug-likeness (QED) is 0.802. The van der Waals surface area contributed by atoms with E-state index in [1.165, 1.54) is 24.2 Å². The lowest BCUT2D eigenvalue weighted by Crippen LogP contribution is -1.93. The SMILES string of the molecule is CCC(C)CC.O=CC(O)c1cccs1. The molecule has 1 rings (SSSR count). The van der Waals surface area contributed by atoms with Gasteiger partial charge >= 0.3 is 0 Å².